The highest BCUT2D eigenvalue weighted by Gasteiger charge is 2.43. The predicted molar refractivity (Wildman–Crippen MR) is 76.6 cm³/mol. The molecule has 1 unspecified atom stereocenters. The van der Waals surface area contributed by atoms with Gasteiger partial charge in [0.05, 0.1) is 36.5 Å². The molecule has 0 saturated carbocycles. The molecule has 6 nitrogen and oxygen atoms in total. The van der Waals surface area contributed by atoms with Crippen molar-refractivity contribution in [2.45, 2.75) is 12.8 Å². The Bertz CT molecular complexity index is 781. The number of nitrogens with zero attached hydrogens (tertiary/aromatic N) is 4. The van der Waals surface area contributed by atoms with Crippen LogP contribution < -0.4 is 10.6 Å². The van der Waals surface area contributed by atoms with Gasteiger partial charge in [-0.15, -0.1) is 0 Å². The van der Waals surface area contributed by atoms with Crippen LogP contribution in [0.2, 0.25) is 0 Å². The maximum Gasteiger partial charge on any atom is 0.269 e. The second-order valence-corrected chi connectivity index (χ2v) is 6.27. The minimum atomic E-state index is -0.804. The number of amides is 1. The van der Waals surface area contributed by atoms with Gasteiger partial charge < -0.3 is 9.64 Å². The van der Waals surface area contributed by atoms with Crippen LogP contribution in [-0.2, 0) is 9.53 Å². The molecule has 3 aliphatic rings. The fraction of sp³-hybridized carbons (Fsp3) is 0.500. The Labute approximate surface area is 127 Å². The third kappa shape index (κ3) is 1.93. The van der Waals surface area contributed by atoms with Crippen LogP contribution in [-0.4, -0.2) is 42.1 Å². The summed E-state index contributed by atoms with van der Waals surface area (Å²) in [6.07, 6.45) is 5.36. The highest BCUT2D eigenvalue weighted by molar-refractivity contribution is 5.92. The van der Waals surface area contributed by atoms with Crippen molar-refractivity contribution >= 4 is 11.6 Å². The Morgan fingerprint density at radius 2 is 2.14 bits per heavy atom. The molecule has 1 spiro atoms. The number of ether oxygens (including phenoxy) is 1. The van der Waals surface area contributed by atoms with Crippen molar-refractivity contribution in [1.29, 1.82) is 5.26 Å². The van der Waals surface area contributed by atoms with Crippen LogP contribution in [0.15, 0.2) is 23.5 Å². The lowest BCUT2D eigenvalue weighted by molar-refractivity contribution is -0.136. The molecule has 2 fully saturated rings. The molecule has 0 aromatic carbocycles. The zero-order chi connectivity index (χ0) is 15.2. The van der Waals surface area contributed by atoms with Gasteiger partial charge in [0.2, 0.25) is 0 Å². The van der Waals surface area contributed by atoms with E-state index in [9.17, 15) is 10.1 Å². The molecule has 3 aliphatic heterocycles. The summed E-state index contributed by atoms with van der Waals surface area (Å²) < 4.78 is 5.36. The highest BCUT2D eigenvalue weighted by atomic mass is 16.5. The Balaban J connectivity index is 1.76. The first-order chi connectivity index (χ1) is 10.7. The van der Waals surface area contributed by atoms with E-state index in [1.165, 1.54) is 0 Å². The first kappa shape index (κ1) is 13.4. The third-order valence-electron chi connectivity index (χ3n) is 4.94. The lowest BCUT2D eigenvalue weighted by Gasteiger charge is -2.48. The van der Waals surface area contributed by atoms with Gasteiger partial charge in [0.15, 0.2) is 5.92 Å². The topological polar surface area (TPSA) is 78.6 Å². The highest BCUT2D eigenvalue weighted by Crippen LogP contribution is 2.40. The van der Waals surface area contributed by atoms with E-state index >= 15 is 0 Å². The van der Waals surface area contributed by atoms with Crippen molar-refractivity contribution in [2.24, 2.45) is 16.3 Å². The number of aromatic nitrogens is 1. The molecular formula is C16H16N4O2. The van der Waals surface area contributed by atoms with Crippen LogP contribution in [0, 0.1) is 22.7 Å². The van der Waals surface area contributed by atoms with Gasteiger partial charge in [0.1, 0.15) is 0 Å². The molecule has 6 heteroatoms. The number of nitriles is 1. The predicted octanol–water partition coefficient (Wildman–Crippen LogP) is -0.398. The SMILES string of the molecule is N#CC1C(=O)N=c2cnccc2=C1N1CCC2(CC1)COC2. The van der Waals surface area contributed by atoms with E-state index < -0.39 is 5.92 Å². The smallest absolute Gasteiger partial charge is 0.269 e. The van der Waals surface area contributed by atoms with Gasteiger partial charge in [-0.05, 0) is 18.9 Å². The number of fused-ring (bicyclic) bond motifs is 1. The van der Waals surface area contributed by atoms with E-state index in [1.54, 1.807) is 12.4 Å². The van der Waals surface area contributed by atoms with Crippen LogP contribution in [0.25, 0.3) is 5.70 Å². The minimum absolute atomic E-state index is 0.323. The standard InChI is InChI=1S/C16H16N4O2/c17-7-12-14(11-1-4-18-8-13(11)19-15(12)21)20-5-2-16(3-6-20)9-22-10-16/h1,4,8,12H,2-3,5-6,9-10H2. The van der Waals surface area contributed by atoms with Gasteiger partial charge in [0, 0.05) is 29.9 Å². The molecule has 1 atom stereocenters. The Morgan fingerprint density at radius 3 is 2.77 bits per heavy atom. The largest absolute Gasteiger partial charge is 0.380 e. The molecular weight excluding hydrogens is 280 g/mol. The number of piperidine rings is 1. The first-order valence-electron chi connectivity index (χ1n) is 7.52. The lowest BCUT2D eigenvalue weighted by atomic mass is 9.76. The van der Waals surface area contributed by atoms with E-state index in [2.05, 4.69) is 20.9 Å². The zero-order valence-corrected chi connectivity index (χ0v) is 12.2. The van der Waals surface area contributed by atoms with Crippen LogP contribution >= 0.6 is 0 Å². The number of likely N-dealkylation sites (tertiary alicyclic amines) is 1. The van der Waals surface area contributed by atoms with Crippen molar-refractivity contribution in [1.82, 2.24) is 9.88 Å². The van der Waals surface area contributed by atoms with E-state index in [-0.39, 0.29) is 5.91 Å². The monoisotopic (exact) mass is 296 g/mol. The molecule has 1 aromatic heterocycles. The van der Waals surface area contributed by atoms with Gasteiger partial charge in [-0.2, -0.15) is 5.26 Å². The fourth-order valence-corrected chi connectivity index (χ4v) is 3.52. The number of carbonyl (C=O) groups is 1. The maximum atomic E-state index is 12.2. The van der Waals surface area contributed by atoms with Crippen LogP contribution in [0.3, 0.4) is 0 Å². The van der Waals surface area contributed by atoms with Crippen molar-refractivity contribution in [3.63, 3.8) is 0 Å². The molecule has 4 heterocycles. The molecule has 2 saturated heterocycles. The number of pyridine rings is 1. The van der Waals surface area contributed by atoms with Gasteiger partial charge in [-0.1, -0.05) is 0 Å². The van der Waals surface area contributed by atoms with E-state index in [4.69, 9.17) is 4.74 Å². The first-order valence-corrected chi connectivity index (χ1v) is 7.52. The van der Waals surface area contributed by atoms with Crippen molar-refractivity contribution < 1.29 is 9.53 Å². The summed E-state index contributed by atoms with van der Waals surface area (Å²) in [4.78, 5) is 22.4. The average Bonchev–Trinajstić information content (AvgIpc) is 2.52. The van der Waals surface area contributed by atoms with Gasteiger partial charge >= 0.3 is 0 Å². The third-order valence-corrected chi connectivity index (χ3v) is 4.94. The lowest BCUT2D eigenvalue weighted by Crippen LogP contribution is -2.53. The maximum absolute atomic E-state index is 12.2. The number of rotatable bonds is 1. The molecule has 112 valence electrons. The van der Waals surface area contributed by atoms with Gasteiger partial charge in [-0.3, -0.25) is 9.78 Å². The van der Waals surface area contributed by atoms with Crippen molar-refractivity contribution in [3.8, 4) is 6.07 Å². The van der Waals surface area contributed by atoms with Crippen LogP contribution in [0.1, 0.15) is 12.8 Å². The summed E-state index contributed by atoms with van der Waals surface area (Å²) in [5.41, 5.74) is 1.12. The van der Waals surface area contributed by atoms with Crippen molar-refractivity contribution in [2.75, 3.05) is 26.3 Å². The van der Waals surface area contributed by atoms with Crippen LogP contribution in [0.4, 0.5) is 0 Å². The number of carbonyl (C=O) groups excluding carboxylic acids is 1. The second kappa shape index (κ2) is 4.89. The summed E-state index contributed by atoms with van der Waals surface area (Å²) in [7, 11) is 0. The second-order valence-electron chi connectivity index (χ2n) is 6.27. The quantitative estimate of drug-likeness (QED) is 0.705. The molecule has 0 N–H and O–H groups in total. The minimum Gasteiger partial charge on any atom is -0.380 e. The summed E-state index contributed by atoms with van der Waals surface area (Å²) in [5, 5.41) is 10.9. The van der Waals surface area contributed by atoms with E-state index in [1.807, 2.05) is 6.07 Å². The van der Waals surface area contributed by atoms with Crippen molar-refractivity contribution in [3.05, 3.63) is 29.0 Å². The zero-order valence-electron chi connectivity index (χ0n) is 12.2. The molecule has 0 radical (unpaired) electrons. The van der Waals surface area contributed by atoms with Crippen LogP contribution in [0.5, 0.6) is 0 Å². The van der Waals surface area contributed by atoms with E-state index in [0.717, 1.165) is 50.1 Å². The van der Waals surface area contributed by atoms with Gasteiger partial charge in [-0.25, -0.2) is 4.99 Å². The normalized spacial score (nSPS) is 26.0. The Morgan fingerprint density at radius 1 is 1.36 bits per heavy atom. The van der Waals surface area contributed by atoms with Gasteiger partial charge in [0.25, 0.3) is 5.91 Å². The van der Waals surface area contributed by atoms with E-state index in [0.29, 0.717) is 10.8 Å². The summed E-state index contributed by atoms with van der Waals surface area (Å²) >= 11 is 0. The fourth-order valence-electron chi connectivity index (χ4n) is 3.52. The molecule has 1 aromatic rings. The molecule has 0 bridgehead atoms. The summed E-state index contributed by atoms with van der Waals surface area (Å²) in [5.74, 6) is -1.19. The molecule has 22 heavy (non-hydrogen) atoms. The summed E-state index contributed by atoms with van der Waals surface area (Å²) in [6.45, 7) is 3.39. The molecule has 4 rings (SSSR count). The molecule has 0 aliphatic carbocycles. The Kier molecular flexibility index (Phi) is 2.98. The summed E-state index contributed by atoms with van der Waals surface area (Å²) in [6, 6.07) is 3.97. The number of hydrogen-bond acceptors (Lipinski definition) is 5. The molecule has 1 amide bonds. The number of hydrogen-bond donors (Lipinski definition) is 0. The average molecular weight is 296 g/mol. The Hall–Kier alpha value is -2.26.